The first-order chi connectivity index (χ1) is 12.2. The molecule has 1 atom stereocenters. The number of hydrogen-bond acceptors (Lipinski definition) is 4. The number of carbonyl (C=O) groups excluding carboxylic acids is 1. The number of benzene rings is 1. The summed E-state index contributed by atoms with van der Waals surface area (Å²) >= 11 is 0. The van der Waals surface area contributed by atoms with Crippen LogP contribution in [-0.2, 0) is 16.0 Å². The summed E-state index contributed by atoms with van der Waals surface area (Å²) in [5.74, 6) is -1.37. The Labute approximate surface area is 146 Å². The number of carbonyl (C=O) groups is 2. The average Bonchev–Trinajstić information content (AvgIpc) is 3.04. The molecule has 1 unspecified atom stereocenters. The van der Waals surface area contributed by atoms with Crippen LogP contribution in [0.15, 0.2) is 47.1 Å². The largest absolute Gasteiger partial charge is 0.573 e. The van der Waals surface area contributed by atoms with E-state index in [1.165, 1.54) is 18.4 Å². The Balaban J connectivity index is 2.01. The van der Waals surface area contributed by atoms with E-state index < -0.39 is 36.5 Å². The molecule has 6 nitrogen and oxygen atoms in total. The third kappa shape index (κ3) is 6.50. The van der Waals surface area contributed by atoms with Crippen molar-refractivity contribution in [3.63, 3.8) is 0 Å². The van der Waals surface area contributed by atoms with Crippen LogP contribution in [0.25, 0.3) is 0 Å². The zero-order valence-corrected chi connectivity index (χ0v) is 13.5. The number of aliphatic carboxylic acids is 1. The number of alkyl halides is 3. The molecule has 0 radical (unpaired) electrons. The number of amides is 1. The molecule has 0 saturated heterocycles. The van der Waals surface area contributed by atoms with Gasteiger partial charge in [0, 0.05) is 12.8 Å². The van der Waals surface area contributed by atoms with Crippen molar-refractivity contribution < 1.29 is 37.0 Å². The highest BCUT2D eigenvalue weighted by Gasteiger charge is 2.31. The van der Waals surface area contributed by atoms with Crippen LogP contribution in [-0.4, -0.2) is 23.3 Å². The first kappa shape index (κ1) is 19.4. The summed E-state index contributed by atoms with van der Waals surface area (Å²) in [5, 5.41) is 11.6. The number of ether oxygens (including phenoxy) is 1. The Morgan fingerprint density at radius 1 is 1.19 bits per heavy atom. The quantitative estimate of drug-likeness (QED) is 0.742. The molecule has 1 aromatic heterocycles. The van der Waals surface area contributed by atoms with Gasteiger partial charge in [-0.1, -0.05) is 12.1 Å². The SMILES string of the molecule is O=C(O)CC(NC(=O)CCc1ccco1)c1ccc(OC(F)(F)F)cc1. The van der Waals surface area contributed by atoms with Crippen molar-refractivity contribution in [2.75, 3.05) is 0 Å². The van der Waals surface area contributed by atoms with E-state index in [0.29, 0.717) is 17.7 Å². The van der Waals surface area contributed by atoms with Gasteiger partial charge in [0.15, 0.2) is 0 Å². The second-order valence-corrected chi connectivity index (χ2v) is 5.41. The van der Waals surface area contributed by atoms with E-state index >= 15 is 0 Å². The predicted molar refractivity (Wildman–Crippen MR) is 83.3 cm³/mol. The van der Waals surface area contributed by atoms with Crippen LogP contribution >= 0.6 is 0 Å². The Morgan fingerprint density at radius 3 is 2.42 bits per heavy atom. The van der Waals surface area contributed by atoms with E-state index in [9.17, 15) is 22.8 Å². The number of carboxylic acids is 1. The minimum Gasteiger partial charge on any atom is -0.481 e. The monoisotopic (exact) mass is 371 g/mol. The van der Waals surface area contributed by atoms with Gasteiger partial charge in [-0.25, -0.2) is 0 Å². The van der Waals surface area contributed by atoms with Crippen LogP contribution in [0.1, 0.15) is 30.2 Å². The molecule has 0 bridgehead atoms. The van der Waals surface area contributed by atoms with Gasteiger partial charge >= 0.3 is 12.3 Å². The summed E-state index contributed by atoms with van der Waals surface area (Å²) in [6.07, 6.45) is -3.32. The highest BCUT2D eigenvalue weighted by molar-refractivity contribution is 5.78. The fraction of sp³-hybridized carbons (Fsp3) is 0.294. The molecule has 2 N–H and O–H groups in total. The fourth-order valence-electron chi connectivity index (χ4n) is 2.29. The number of hydrogen-bond donors (Lipinski definition) is 2. The minimum atomic E-state index is -4.82. The Bertz CT molecular complexity index is 726. The van der Waals surface area contributed by atoms with Gasteiger partial charge in [0.2, 0.25) is 5.91 Å². The van der Waals surface area contributed by atoms with E-state index in [-0.39, 0.29) is 6.42 Å². The number of nitrogens with one attached hydrogen (secondary N) is 1. The fourth-order valence-corrected chi connectivity index (χ4v) is 2.29. The Hall–Kier alpha value is -2.97. The molecule has 0 spiro atoms. The van der Waals surface area contributed by atoms with Crippen molar-refractivity contribution >= 4 is 11.9 Å². The molecular weight excluding hydrogens is 355 g/mol. The van der Waals surface area contributed by atoms with Gasteiger partial charge in [0.25, 0.3) is 0 Å². The van der Waals surface area contributed by atoms with Crippen molar-refractivity contribution in [3.8, 4) is 5.75 Å². The van der Waals surface area contributed by atoms with Crippen LogP contribution in [0.3, 0.4) is 0 Å². The average molecular weight is 371 g/mol. The standard InChI is InChI=1S/C17H16F3NO5/c18-17(19,20)26-13-5-3-11(4-6-13)14(10-16(23)24)21-15(22)8-7-12-2-1-9-25-12/h1-6,9,14H,7-8,10H2,(H,21,22)(H,23,24). The summed E-state index contributed by atoms with van der Waals surface area (Å²) in [6, 6.07) is 7.20. The molecule has 140 valence electrons. The molecule has 1 amide bonds. The number of aryl methyl sites for hydroxylation is 1. The maximum atomic E-state index is 12.2. The lowest BCUT2D eigenvalue weighted by molar-refractivity contribution is -0.274. The second-order valence-electron chi connectivity index (χ2n) is 5.41. The number of carboxylic acid groups (broad SMARTS) is 1. The summed E-state index contributed by atoms with van der Waals surface area (Å²) in [5.41, 5.74) is 0.355. The first-order valence-electron chi connectivity index (χ1n) is 7.62. The maximum Gasteiger partial charge on any atom is 0.573 e. The van der Waals surface area contributed by atoms with E-state index in [1.807, 2.05) is 0 Å². The summed E-state index contributed by atoms with van der Waals surface area (Å²) in [7, 11) is 0. The van der Waals surface area contributed by atoms with Gasteiger partial charge in [-0.3, -0.25) is 9.59 Å². The number of rotatable bonds is 8. The molecule has 0 aliphatic heterocycles. The van der Waals surface area contributed by atoms with Gasteiger partial charge < -0.3 is 19.6 Å². The zero-order valence-electron chi connectivity index (χ0n) is 13.5. The minimum absolute atomic E-state index is 0.0822. The van der Waals surface area contributed by atoms with Crippen molar-refractivity contribution in [2.24, 2.45) is 0 Å². The lowest BCUT2D eigenvalue weighted by Gasteiger charge is -2.18. The first-order valence-corrected chi connectivity index (χ1v) is 7.62. The van der Waals surface area contributed by atoms with Gasteiger partial charge in [0.05, 0.1) is 18.7 Å². The molecule has 0 saturated carbocycles. The van der Waals surface area contributed by atoms with Crippen LogP contribution in [0, 0.1) is 0 Å². The molecule has 0 fully saturated rings. The zero-order chi connectivity index (χ0) is 19.2. The van der Waals surface area contributed by atoms with Gasteiger partial charge in [-0.05, 0) is 29.8 Å². The van der Waals surface area contributed by atoms with E-state index in [4.69, 9.17) is 9.52 Å². The van der Waals surface area contributed by atoms with Crippen LogP contribution < -0.4 is 10.1 Å². The van der Waals surface area contributed by atoms with Crippen molar-refractivity contribution in [3.05, 3.63) is 54.0 Å². The Kier molecular flexibility index (Phi) is 6.26. The van der Waals surface area contributed by atoms with Crippen LogP contribution in [0.2, 0.25) is 0 Å². The molecule has 26 heavy (non-hydrogen) atoms. The van der Waals surface area contributed by atoms with Gasteiger partial charge in [-0.15, -0.1) is 13.2 Å². The molecule has 2 aromatic rings. The molecule has 0 aliphatic carbocycles. The third-order valence-corrected chi connectivity index (χ3v) is 3.41. The van der Waals surface area contributed by atoms with Gasteiger partial charge in [0.1, 0.15) is 11.5 Å². The van der Waals surface area contributed by atoms with Crippen molar-refractivity contribution in [1.82, 2.24) is 5.32 Å². The van der Waals surface area contributed by atoms with E-state index in [1.54, 1.807) is 12.1 Å². The topological polar surface area (TPSA) is 88.8 Å². The summed E-state index contributed by atoms with van der Waals surface area (Å²) in [6.45, 7) is 0. The third-order valence-electron chi connectivity index (χ3n) is 3.41. The van der Waals surface area contributed by atoms with Crippen LogP contribution in [0.5, 0.6) is 5.75 Å². The molecule has 0 aliphatic rings. The number of furan rings is 1. The normalized spacial score (nSPS) is 12.4. The van der Waals surface area contributed by atoms with Gasteiger partial charge in [-0.2, -0.15) is 0 Å². The Morgan fingerprint density at radius 2 is 1.88 bits per heavy atom. The molecule has 1 heterocycles. The highest BCUT2D eigenvalue weighted by Crippen LogP contribution is 2.25. The molecular formula is C17H16F3NO5. The number of halogens is 3. The maximum absolute atomic E-state index is 12.2. The molecule has 2 rings (SSSR count). The summed E-state index contributed by atoms with van der Waals surface area (Å²) < 4.78 is 45.4. The van der Waals surface area contributed by atoms with Crippen molar-refractivity contribution in [2.45, 2.75) is 31.7 Å². The van der Waals surface area contributed by atoms with Crippen molar-refractivity contribution in [1.29, 1.82) is 0 Å². The van der Waals surface area contributed by atoms with E-state index in [0.717, 1.165) is 12.1 Å². The summed E-state index contributed by atoms with van der Waals surface area (Å²) in [4.78, 5) is 23.1. The predicted octanol–water partition coefficient (Wildman–Crippen LogP) is 3.44. The second kappa shape index (κ2) is 8.41. The van der Waals surface area contributed by atoms with Crippen LogP contribution in [0.4, 0.5) is 13.2 Å². The molecule has 1 aromatic carbocycles. The van der Waals surface area contributed by atoms with E-state index in [2.05, 4.69) is 10.1 Å². The lowest BCUT2D eigenvalue weighted by atomic mass is 10.0. The molecule has 9 heteroatoms. The highest BCUT2D eigenvalue weighted by atomic mass is 19.4. The smallest absolute Gasteiger partial charge is 0.481 e. The lowest BCUT2D eigenvalue weighted by Crippen LogP contribution is -2.30.